The van der Waals surface area contributed by atoms with Crippen LogP contribution in [0.15, 0.2) is 58.3 Å². The Morgan fingerprint density at radius 3 is 1.21 bits per heavy atom. The second kappa shape index (κ2) is 16.2. The zero-order valence-electron chi connectivity index (χ0n) is 20.3. The van der Waals surface area contributed by atoms with Gasteiger partial charge in [0.05, 0.1) is 35.8 Å². The number of hydrogen-bond acceptors (Lipinski definition) is 4. The van der Waals surface area contributed by atoms with Gasteiger partial charge in [0, 0.05) is 17.1 Å². The van der Waals surface area contributed by atoms with Crippen LogP contribution in [0.4, 0.5) is 0 Å². The molecule has 0 aromatic heterocycles. The summed E-state index contributed by atoms with van der Waals surface area (Å²) in [7, 11) is 1.97. The number of hydrogen-bond donors (Lipinski definition) is 2. The van der Waals surface area contributed by atoms with Gasteiger partial charge in [-0.25, -0.2) is 9.59 Å². The lowest BCUT2D eigenvalue weighted by atomic mass is 10.2. The van der Waals surface area contributed by atoms with Gasteiger partial charge in [-0.05, 0) is 49.9 Å². The molecule has 2 N–H and O–H groups in total. The molecule has 0 atom stereocenters. The molecule has 0 unspecified atom stereocenters. The molecule has 0 saturated carbocycles. The summed E-state index contributed by atoms with van der Waals surface area (Å²) in [5, 5.41) is 18.2. The van der Waals surface area contributed by atoms with Crippen LogP contribution in [0, 0.1) is 0 Å². The van der Waals surface area contributed by atoms with E-state index in [2.05, 4.69) is 27.7 Å². The van der Waals surface area contributed by atoms with Gasteiger partial charge in [0.25, 0.3) is 0 Å². The number of benzene rings is 2. The second-order valence-corrected chi connectivity index (χ2v) is 14.7. The van der Waals surface area contributed by atoms with Gasteiger partial charge in [0.15, 0.2) is 0 Å². The van der Waals surface area contributed by atoms with Crippen molar-refractivity contribution >= 4 is 40.8 Å². The molecule has 0 radical (unpaired) electrons. The Morgan fingerprint density at radius 1 is 0.636 bits per heavy atom. The Kier molecular flexibility index (Phi) is 14.5. The van der Waals surface area contributed by atoms with Crippen LogP contribution < -0.4 is 0 Å². The summed E-state index contributed by atoms with van der Waals surface area (Å²) < 4.78 is 0. The number of aromatic carboxylic acids is 2. The molecule has 0 amide bonds. The van der Waals surface area contributed by atoms with E-state index in [1.54, 1.807) is 61.0 Å². The minimum atomic E-state index is -1.000. The van der Waals surface area contributed by atoms with E-state index in [0.717, 1.165) is 0 Å². The van der Waals surface area contributed by atoms with Crippen molar-refractivity contribution in [3.8, 4) is 0 Å². The maximum absolute atomic E-state index is 11.1. The Hall–Kier alpha value is -1.49. The third-order valence-electron chi connectivity index (χ3n) is 5.25. The van der Waals surface area contributed by atoms with E-state index in [1.807, 2.05) is 0 Å². The van der Waals surface area contributed by atoms with Crippen LogP contribution in [-0.2, 0) is 0 Å². The predicted molar refractivity (Wildman–Crippen MR) is 146 cm³/mol. The van der Waals surface area contributed by atoms with Crippen molar-refractivity contribution in [3.63, 3.8) is 0 Å². The first-order valence-electron chi connectivity index (χ1n) is 11.7. The van der Waals surface area contributed by atoms with Crippen molar-refractivity contribution in [3.05, 3.63) is 59.7 Å². The lowest BCUT2D eigenvalue weighted by Crippen LogP contribution is -2.10. The van der Waals surface area contributed by atoms with Crippen molar-refractivity contribution < 1.29 is 19.8 Å². The first kappa shape index (κ1) is 29.5. The highest BCUT2D eigenvalue weighted by Gasteiger charge is 2.32. The number of carboxylic acids is 2. The molecule has 7 heteroatoms. The first-order chi connectivity index (χ1) is 15.8. The van der Waals surface area contributed by atoms with Gasteiger partial charge in [0.1, 0.15) is 0 Å². The van der Waals surface area contributed by atoms with Gasteiger partial charge in [-0.15, -0.1) is 0 Å². The number of carbonyl (C=O) groups is 2. The molecule has 4 nitrogen and oxygen atoms in total. The summed E-state index contributed by atoms with van der Waals surface area (Å²) in [5.74, 6) is -2.00. The van der Waals surface area contributed by atoms with Gasteiger partial charge < -0.3 is 10.2 Å². The third-order valence-corrected chi connectivity index (χ3v) is 13.3. The van der Waals surface area contributed by atoms with Gasteiger partial charge in [-0.3, -0.25) is 0 Å². The molecular weight excluding hydrogens is 471 g/mol. The Bertz CT molecular complexity index is 786. The van der Waals surface area contributed by atoms with E-state index in [-0.39, 0.29) is 11.1 Å². The van der Waals surface area contributed by atoms with E-state index in [4.69, 9.17) is 10.2 Å². The maximum Gasteiger partial charge on any atom is 0.336 e. The fraction of sp³-hybridized carbons (Fsp3) is 0.462. The largest absolute Gasteiger partial charge is 0.478 e. The van der Waals surface area contributed by atoms with Gasteiger partial charge in [0.2, 0.25) is 0 Å². The van der Waals surface area contributed by atoms with E-state index >= 15 is 0 Å². The standard InChI is InChI=1S/C14H10O4S2.C12H28P/c15-13(16)9-5-1-3-7-11(9)19-20-12-8-4-2-6-10(12)14(17)18;1-5-9-13(10-6-2,11-7-3)12-8-4/h1-8H,(H,15,16)(H,17,18);5-12H2,1-4H3/q;+1. The van der Waals surface area contributed by atoms with Crippen molar-refractivity contribution in [1.29, 1.82) is 0 Å². The highest BCUT2D eigenvalue weighted by atomic mass is 33.1. The summed E-state index contributed by atoms with van der Waals surface area (Å²) in [6, 6.07) is 13.3. The Morgan fingerprint density at radius 2 is 0.939 bits per heavy atom. The average Bonchev–Trinajstić information content (AvgIpc) is 2.79. The molecular formula is C26H38O4PS2+. The normalized spacial score (nSPS) is 10.9. The predicted octanol–water partition coefficient (Wildman–Crippen LogP) is 8.53. The lowest BCUT2D eigenvalue weighted by molar-refractivity contribution is 0.0682. The molecule has 0 bridgehead atoms. The second-order valence-electron chi connectivity index (χ2n) is 8.01. The molecule has 182 valence electrons. The van der Waals surface area contributed by atoms with Crippen LogP contribution in [-0.4, -0.2) is 46.8 Å². The van der Waals surface area contributed by atoms with Crippen molar-refractivity contribution in [2.24, 2.45) is 0 Å². The van der Waals surface area contributed by atoms with Gasteiger partial charge in [-0.2, -0.15) is 0 Å². The molecule has 2 aromatic carbocycles. The fourth-order valence-electron chi connectivity index (χ4n) is 4.09. The molecule has 2 rings (SSSR count). The van der Waals surface area contributed by atoms with Gasteiger partial charge >= 0.3 is 11.9 Å². The minimum absolute atomic E-state index is 0.206. The van der Waals surface area contributed by atoms with E-state index in [1.165, 1.54) is 59.4 Å². The van der Waals surface area contributed by atoms with Crippen molar-refractivity contribution in [2.75, 3.05) is 24.6 Å². The third kappa shape index (κ3) is 10.1. The van der Waals surface area contributed by atoms with Crippen LogP contribution in [0.1, 0.15) is 74.1 Å². The quantitative estimate of drug-likeness (QED) is 0.208. The molecule has 0 spiro atoms. The minimum Gasteiger partial charge on any atom is -0.478 e. The summed E-state index contributed by atoms with van der Waals surface area (Å²) >= 11 is 0. The first-order valence-corrected chi connectivity index (χ1v) is 16.4. The van der Waals surface area contributed by atoms with Crippen molar-refractivity contribution in [1.82, 2.24) is 0 Å². The molecule has 0 saturated heterocycles. The highest BCUT2D eigenvalue weighted by Crippen LogP contribution is 2.60. The average molecular weight is 510 g/mol. The monoisotopic (exact) mass is 509 g/mol. The Balaban J connectivity index is 0.000000366. The van der Waals surface area contributed by atoms with E-state index in [9.17, 15) is 9.59 Å². The van der Waals surface area contributed by atoms with Crippen molar-refractivity contribution in [2.45, 2.75) is 63.2 Å². The molecule has 0 heterocycles. The zero-order chi connectivity index (χ0) is 24.7. The Labute approximate surface area is 207 Å². The number of carboxylic acid groups (broad SMARTS) is 2. The lowest BCUT2D eigenvalue weighted by Gasteiger charge is -2.26. The summed E-state index contributed by atoms with van der Waals surface area (Å²) in [4.78, 5) is 23.4. The van der Waals surface area contributed by atoms with Crippen LogP contribution in [0.25, 0.3) is 0 Å². The van der Waals surface area contributed by atoms with Crippen LogP contribution in [0.2, 0.25) is 0 Å². The fourth-order valence-corrected chi connectivity index (χ4v) is 11.6. The van der Waals surface area contributed by atoms with Gasteiger partial charge in [-0.1, -0.05) is 73.5 Å². The van der Waals surface area contributed by atoms with Crippen LogP contribution in [0.3, 0.4) is 0 Å². The molecule has 0 aliphatic carbocycles. The zero-order valence-corrected chi connectivity index (χ0v) is 22.8. The topological polar surface area (TPSA) is 74.6 Å². The van der Waals surface area contributed by atoms with Crippen LogP contribution >= 0.6 is 28.9 Å². The molecule has 0 fully saturated rings. The molecule has 2 aromatic rings. The molecule has 0 aliphatic heterocycles. The summed E-state index contributed by atoms with van der Waals surface area (Å²) in [6.45, 7) is 9.43. The summed E-state index contributed by atoms with van der Waals surface area (Å²) in [5.41, 5.74) is 0.413. The molecule has 33 heavy (non-hydrogen) atoms. The highest BCUT2D eigenvalue weighted by molar-refractivity contribution is 8.76. The van der Waals surface area contributed by atoms with E-state index < -0.39 is 19.2 Å². The maximum atomic E-state index is 11.1. The SMILES string of the molecule is CCC[P+](CCC)(CCC)CCC.O=C(O)c1ccccc1SSc1ccccc1C(=O)O. The summed E-state index contributed by atoms with van der Waals surface area (Å²) in [6.07, 6.45) is 11.9. The molecule has 0 aliphatic rings. The van der Waals surface area contributed by atoms with Crippen LogP contribution in [0.5, 0.6) is 0 Å². The van der Waals surface area contributed by atoms with E-state index in [0.29, 0.717) is 9.79 Å². The number of rotatable bonds is 13. The smallest absolute Gasteiger partial charge is 0.336 e.